The van der Waals surface area contributed by atoms with Crippen LogP contribution in [0.5, 0.6) is 46.0 Å². The summed E-state index contributed by atoms with van der Waals surface area (Å²) in [4.78, 5) is 99.8. The lowest BCUT2D eigenvalue weighted by molar-refractivity contribution is -0.138. The Morgan fingerprint density at radius 3 is 0.689 bits per heavy atom. The zero-order chi connectivity index (χ0) is 75.6. The van der Waals surface area contributed by atoms with Crippen LogP contribution in [0.1, 0.15) is 207 Å². The highest BCUT2D eigenvalue weighted by atomic mass is 16.6. The van der Waals surface area contributed by atoms with Gasteiger partial charge in [0.2, 0.25) is 0 Å². The molecule has 0 aromatic heterocycles. The summed E-state index contributed by atoms with van der Waals surface area (Å²) in [7, 11) is 0. The van der Waals surface area contributed by atoms with E-state index in [1.54, 1.807) is 133 Å². The summed E-state index contributed by atoms with van der Waals surface area (Å²) >= 11 is 0. The van der Waals surface area contributed by atoms with Gasteiger partial charge in [-0.1, -0.05) is 116 Å². The monoisotopic (exact) mass is 1450 g/mol. The minimum Gasteiger partial charge on any atom is -0.494 e. The molecule has 6 rings (SSSR count). The average molecular weight is 1460 g/mol. The number of esters is 8. The van der Waals surface area contributed by atoms with Gasteiger partial charge in [-0.3, -0.25) is 0 Å². The molecule has 0 fully saturated rings. The normalized spacial score (nSPS) is 10.7. The van der Waals surface area contributed by atoms with Gasteiger partial charge in [0.05, 0.1) is 75.1 Å². The first-order valence-corrected chi connectivity index (χ1v) is 37.0. The molecular formula is C86H102O20. The van der Waals surface area contributed by atoms with Crippen LogP contribution in [0.3, 0.4) is 0 Å². The fourth-order valence-corrected chi connectivity index (χ4v) is 10.8. The number of carbonyl (C=O) groups is 8. The molecule has 0 atom stereocenters. The van der Waals surface area contributed by atoms with Crippen LogP contribution in [0.25, 0.3) is 0 Å². The largest absolute Gasteiger partial charge is 0.494 e. The van der Waals surface area contributed by atoms with E-state index in [2.05, 4.69) is 26.3 Å². The van der Waals surface area contributed by atoms with E-state index in [1.807, 2.05) is 0 Å². The summed E-state index contributed by atoms with van der Waals surface area (Å²) in [6.45, 7) is 17.1. The molecule has 0 saturated heterocycles. The lowest BCUT2D eigenvalue weighted by atomic mass is 10.0. The van der Waals surface area contributed by atoms with Crippen molar-refractivity contribution >= 4 is 47.8 Å². The summed E-state index contributed by atoms with van der Waals surface area (Å²) in [5.41, 5.74) is 2.52. The SMILES string of the molecule is C=CC(=O)OCCCCCCCOc1ccc(C(=O)Oc2ccc(OC(=O)c3ccc(OCCCCCCCOC(=O)C=C)cc3)c(CCCCCCc3cc(OC(=O)c4ccc(OCCCCCCCOC(=O)C=C)cc4)ccc3OC(=O)c3ccc(OCCCCCCCOC(=O)C=C)cc3)c2)cc1. The van der Waals surface area contributed by atoms with Gasteiger partial charge in [-0.05, 0) is 222 Å². The molecule has 0 saturated carbocycles. The van der Waals surface area contributed by atoms with E-state index in [1.165, 1.54) is 0 Å². The maximum Gasteiger partial charge on any atom is 0.343 e. The number of ether oxygens (including phenoxy) is 12. The highest BCUT2D eigenvalue weighted by Gasteiger charge is 2.19. The van der Waals surface area contributed by atoms with Gasteiger partial charge < -0.3 is 56.8 Å². The van der Waals surface area contributed by atoms with Crippen molar-refractivity contribution in [1.29, 1.82) is 0 Å². The summed E-state index contributed by atoms with van der Waals surface area (Å²) in [5.74, 6) is -0.473. The highest BCUT2D eigenvalue weighted by molar-refractivity contribution is 5.94. The first-order valence-electron chi connectivity index (χ1n) is 37.0. The Hall–Kier alpha value is -10.8. The first kappa shape index (κ1) is 84.2. The third-order valence-electron chi connectivity index (χ3n) is 16.8. The molecular weight excluding hydrogens is 1350 g/mol. The predicted octanol–water partition coefficient (Wildman–Crippen LogP) is 18.1. The van der Waals surface area contributed by atoms with Gasteiger partial charge in [0, 0.05) is 24.3 Å². The van der Waals surface area contributed by atoms with Crippen molar-refractivity contribution in [2.75, 3.05) is 52.9 Å². The van der Waals surface area contributed by atoms with Crippen LogP contribution in [0.4, 0.5) is 0 Å². The molecule has 0 amide bonds. The minimum atomic E-state index is -0.587. The molecule has 6 aromatic carbocycles. The molecule has 0 unspecified atom stereocenters. The van der Waals surface area contributed by atoms with E-state index in [9.17, 15) is 38.4 Å². The van der Waals surface area contributed by atoms with Crippen molar-refractivity contribution in [2.24, 2.45) is 0 Å². The molecule has 0 heterocycles. The van der Waals surface area contributed by atoms with Crippen LogP contribution in [0.2, 0.25) is 0 Å². The van der Waals surface area contributed by atoms with Crippen LogP contribution in [-0.2, 0) is 51.0 Å². The van der Waals surface area contributed by atoms with Gasteiger partial charge in [-0.25, -0.2) is 38.4 Å². The van der Waals surface area contributed by atoms with E-state index in [-0.39, 0.29) is 11.5 Å². The van der Waals surface area contributed by atoms with E-state index in [4.69, 9.17) is 56.8 Å². The molecule has 0 N–H and O–H groups in total. The molecule has 0 aliphatic carbocycles. The fourth-order valence-electron chi connectivity index (χ4n) is 10.8. The molecule has 0 spiro atoms. The van der Waals surface area contributed by atoms with Crippen LogP contribution < -0.4 is 37.9 Å². The Morgan fingerprint density at radius 1 is 0.236 bits per heavy atom. The van der Waals surface area contributed by atoms with Gasteiger partial charge >= 0.3 is 47.8 Å². The number of benzene rings is 6. The second-order valence-electron chi connectivity index (χ2n) is 25.1. The quantitative estimate of drug-likeness (QED) is 0.0113. The Balaban J connectivity index is 1.07. The van der Waals surface area contributed by atoms with Crippen molar-refractivity contribution in [3.05, 3.63) is 217 Å². The van der Waals surface area contributed by atoms with E-state index >= 15 is 0 Å². The standard InChI is InChI=1S/C86H102O20/c1-5-79(87)99-59-29-19-9-15-25-55-95-71-43-35-65(36-44-71)83(91)103-75-51-53-77(105-85(93)67-39-47-73(48-40-67)97-57-27-17-11-21-31-61-101-81(89)7-3)69(63-75)33-23-13-14-24-34-70-64-76(104-84(92)66-37-45-72(46-38-66)96-56-26-16-10-20-30-60-100-80(88)6-2)52-54-78(70)106-86(94)68-41-49-74(50-42-68)98-58-28-18-12-22-32-62-102-82(90)8-4/h5-8,35-54,63-64H,1-4,9-34,55-62H2. The van der Waals surface area contributed by atoms with E-state index in [0.29, 0.717) is 146 Å². The Kier molecular flexibility index (Phi) is 40.2. The third-order valence-corrected chi connectivity index (χ3v) is 16.8. The van der Waals surface area contributed by atoms with Crippen molar-refractivity contribution < 1.29 is 95.2 Å². The van der Waals surface area contributed by atoms with Crippen molar-refractivity contribution in [2.45, 2.75) is 167 Å². The smallest absolute Gasteiger partial charge is 0.343 e. The molecule has 0 radical (unpaired) electrons. The van der Waals surface area contributed by atoms with Gasteiger partial charge in [0.25, 0.3) is 0 Å². The second-order valence-corrected chi connectivity index (χ2v) is 25.1. The van der Waals surface area contributed by atoms with Crippen LogP contribution in [0, 0.1) is 0 Å². The third kappa shape index (κ3) is 34.2. The second kappa shape index (κ2) is 50.6. The van der Waals surface area contributed by atoms with Crippen LogP contribution in [0.15, 0.2) is 184 Å². The topological polar surface area (TPSA) is 247 Å². The van der Waals surface area contributed by atoms with Gasteiger partial charge in [0.15, 0.2) is 0 Å². The van der Waals surface area contributed by atoms with Crippen molar-refractivity contribution in [3.8, 4) is 46.0 Å². The Morgan fingerprint density at radius 2 is 0.443 bits per heavy atom. The number of aryl methyl sites for hydroxylation is 2. The zero-order valence-electron chi connectivity index (χ0n) is 61.0. The summed E-state index contributed by atoms with van der Waals surface area (Å²) in [6.07, 6.45) is 26.1. The molecule has 566 valence electrons. The zero-order valence-corrected chi connectivity index (χ0v) is 61.0. The number of unbranched alkanes of at least 4 members (excludes halogenated alkanes) is 19. The van der Waals surface area contributed by atoms with Crippen molar-refractivity contribution in [1.82, 2.24) is 0 Å². The van der Waals surface area contributed by atoms with Crippen LogP contribution in [-0.4, -0.2) is 101 Å². The minimum absolute atomic E-state index is 0.256. The Labute approximate surface area is 623 Å². The molecule has 20 nitrogen and oxygen atoms in total. The summed E-state index contributed by atoms with van der Waals surface area (Å²) in [6, 6.07) is 36.7. The van der Waals surface area contributed by atoms with Crippen molar-refractivity contribution in [3.63, 3.8) is 0 Å². The summed E-state index contributed by atoms with van der Waals surface area (Å²) in [5, 5.41) is 0. The van der Waals surface area contributed by atoms with Gasteiger partial charge in [0.1, 0.15) is 46.0 Å². The number of rotatable bonds is 55. The molecule has 6 aromatic rings. The Bertz CT molecular complexity index is 3460. The van der Waals surface area contributed by atoms with E-state index in [0.717, 1.165) is 166 Å². The fraction of sp³-hybridized carbons (Fsp3) is 0.395. The molecule has 0 bridgehead atoms. The lowest BCUT2D eigenvalue weighted by Gasteiger charge is -2.14. The number of carbonyl (C=O) groups excluding carboxylic acids is 8. The van der Waals surface area contributed by atoms with Gasteiger partial charge in [-0.2, -0.15) is 0 Å². The van der Waals surface area contributed by atoms with Crippen LogP contribution >= 0.6 is 0 Å². The molecule has 0 aliphatic rings. The van der Waals surface area contributed by atoms with E-state index < -0.39 is 47.8 Å². The number of hydrogen-bond acceptors (Lipinski definition) is 20. The maximum atomic E-state index is 13.8. The highest BCUT2D eigenvalue weighted by Crippen LogP contribution is 2.32. The molecule has 0 aliphatic heterocycles. The lowest BCUT2D eigenvalue weighted by Crippen LogP contribution is -2.11. The predicted molar refractivity (Wildman–Crippen MR) is 403 cm³/mol. The van der Waals surface area contributed by atoms with Gasteiger partial charge in [-0.15, -0.1) is 0 Å². The first-order chi connectivity index (χ1) is 51.7. The molecule has 20 heteroatoms. The molecule has 106 heavy (non-hydrogen) atoms. The maximum absolute atomic E-state index is 13.8. The summed E-state index contributed by atoms with van der Waals surface area (Å²) < 4.78 is 67.9. The number of hydrogen-bond donors (Lipinski definition) is 0. The average Bonchev–Trinajstić information content (AvgIpc) is 0.841.